The molecule has 1 aromatic carbocycles. The van der Waals surface area contributed by atoms with E-state index in [1.54, 1.807) is 0 Å². The maximum atomic E-state index is 5.43. The zero-order chi connectivity index (χ0) is 16.2. The first-order valence-corrected chi connectivity index (χ1v) is 9.12. The maximum absolute atomic E-state index is 5.43. The molecule has 2 saturated heterocycles. The lowest BCUT2D eigenvalue weighted by molar-refractivity contribution is 0.176. The molecule has 2 fully saturated rings. The number of likely N-dealkylation sites (tertiary alicyclic amines) is 1. The van der Waals surface area contributed by atoms with E-state index in [-0.39, 0.29) is 0 Å². The molecule has 2 aromatic rings. The molecule has 2 aliphatic rings. The van der Waals surface area contributed by atoms with E-state index in [0.29, 0.717) is 5.92 Å². The number of ether oxygens (including phenoxy) is 1. The van der Waals surface area contributed by atoms with Crippen LogP contribution in [0.2, 0.25) is 0 Å². The molecule has 0 spiro atoms. The van der Waals surface area contributed by atoms with Gasteiger partial charge in [-0.2, -0.15) is 5.10 Å². The third-order valence-electron chi connectivity index (χ3n) is 5.28. The number of hydrogen-bond acceptors (Lipinski definition) is 4. The fourth-order valence-electron chi connectivity index (χ4n) is 3.79. The Morgan fingerprint density at radius 1 is 1.12 bits per heavy atom. The molecule has 1 N–H and O–H groups in total. The van der Waals surface area contributed by atoms with Crippen LogP contribution in [0.5, 0.6) is 0 Å². The van der Waals surface area contributed by atoms with Gasteiger partial charge in [-0.25, -0.2) is 4.98 Å². The van der Waals surface area contributed by atoms with E-state index < -0.39 is 0 Å². The van der Waals surface area contributed by atoms with Crippen molar-refractivity contribution in [1.29, 1.82) is 0 Å². The number of H-pyrrole nitrogens is 1. The Balaban J connectivity index is 1.26. The Bertz CT molecular complexity index is 628. The summed E-state index contributed by atoms with van der Waals surface area (Å²) in [5.41, 5.74) is 1.41. The average Bonchev–Trinajstić information content (AvgIpc) is 3.29. The quantitative estimate of drug-likeness (QED) is 0.918. The Morgan fingerprint density at radius 3 is 2.71 bits per heavy atom. The number of aromatic amines is 1. The molecular formula is C19H26N4O. The number of nitrogens with one attached hydrogen (secondary N) is 1. The van der Waals surface area contributed by atoms with Gasteiger partial charge in [-0.15, -0.1) is 0 Å². The monoisotopic (exact) mass is 326 g/mol. The highest BCUT2D eigenvalue weighted by Gasteiger charge is 2.24. The molecule has 4 rings (SSSR count). The Kier molecular flexibility index (Phi) is 4.90. The molecular weight excluding hydrogens is 300 g/mol. The number of piperidine rings is 1. The zero-order valence-electron chi connectivity index (χ0n) is 14.2. The minimum Gasteiger partial charge on any atom is -0.381 e. The molecule has 2 aliphatic heterocycles. The van der Waals surface area contributed by atoms with Crippen molar-refractivity contribution >= 4 is 0 Å². The first-order chi connectivity index (χ1) is 11.9. The van der Waals surface area contributed by atoms with Crippen molar-refractivity contribution in [2.45, 2.75) is 38.1 Å². The van der Waals surface area contributed by atoms with E-state index in [0.717, 1.165) is 50.2 Å². The van der Waals surface area contributed by atoms with Gasteiger partial charge in [0.05, 0.1) is 6.61 Å². The minimum atomic E-state index is 0.391. The number of aromatic nitrogens is 3. The van der Waals surface area contributed by atoms with Crippen LogP contribution in [0.15, 0.2) is 30.3 Å². The van der Waals surface area contributed by atoms with E-state index in [2.05, 4.69) is 45.4 Å². The van der Waals surface area contributed by atoms with Crippen molar-refractivity contribution in [3.63, 3.8) is 0 Å². The van der Waals surface area contributed by atoms with Gasteiger partial charge in [0.1, 0.15) is 5.82 Å². The van der Waals surface area contributed by atoms with E-state index in [9.17, 15) is 0 Å². The van der Waals surface area contributed by atoms with Crippen molar-refractivity contribution in [3.05, 3.63) is 47.5 Å². The van der Waals surface area contributed by atoms with Gasteiger partial charge < -0.3 is 4.74 Å². The second-order valence-corrected chi connectivity index (χ2v) is 7.11. The topological polar surface area (TPSA) is 54.0 Å². The first kappa shape index (κ1) is 15.8. The normalized spacial score (nSPS) is 22.9. The van der Waals surface area contributed by atoms with Crippen molar-refractivity contribution < 1.29 is 4.74 Å². The van der Waals surface area contributed by atoms with Crippen LogP contribution in [0, 0.1) is 5.92 Å². The second kappa shape index (κ2) is 7.45. The van der Waals surface area contributed by atoms with Crippen LogP contribution in [0.4, 0.5) is 0 Å². The Morgan fingerprint density at radius 2 is 1.96 bits per heavy atom. The molecule has 0 unspecified atom stereocenters. The molecule has 1 atom stereocenters. The number of nitrogens with zero attached hydrogens (tertiary/aromatic N) is 3. The molecule has 0 radical (unpaired) electrons. The molecule has 3 heterocycles. The smallest absolute Gasteiger partial charge is 0.156 e. The SMILES string of the molecule is c1ccc(CN2CCC(Cc3nc([C@@H]4CCOC4)n[nH]3)CC2)cc1. The molecule has 5 nitrogen and oxygen atoms in total. The summed E-state index contributed by atoms with van der Waals surface area (Å²) < 4.78 is 5.43. The van der Waals surface area contributed by atoms with Gasteiger partial charge in [-0.3, -0.25) is 10.00 Å². The van der Waals surface area contributed by atoms with Gasteiger partial charge >= 0.3 is 0 Å². The van der Waals surface area contributed by atoms with Gasteiger partial charge in [0.25, 0.3) is 0 Å². The summed E-state index contributed by atoms with van der Waals surface area (Å²) in [5.74, 6) is 3.11. The van der Waals surface area contributed by atoms with Crippen LogP contribution in [0.1, 0.15) is 42.4 Å². The predicted molar refractivity (Wildman–Crippen MR) is 92.7 cm³/mol. The summed E-state index contributed by atoms with van der Waals surface area (Å²) in [6.07, 6.45) is 4.57. The van der Waals surface area contributed by atoms with Crippen LogP contribution in [0.25, 0.3) is 0 Å². The molecule has 128 valence electrons. The van der Waals surface area contributed by atoms with E-state index >= 15 is 0 Å². The highest BCUT2D eigenvalue weighted by atomic mass is 16.5. The van der Waals surface area contributed by atoms with Gasteiger partial charge in [-0.05, 0) is 43.8 Å². The van der Waals surface area contributed by atoms with Crippen LogP contribution in [0.3, 0.4) is 0 Å². The van der Waals surface area contributed by atoms with Crippen molar-refractivity contribution in [2.24, 2.45) is 5.92 Å². The van der Waals surface area contributed by atoms with Crippen molar-refractivity contribution in [1.82, 2.24) is 20.1 Å². The summed E-state index contributed by atoms with van der Waals surface area (Å²) in [4.78, 5) is 7.28. The molecule has 0 aliphatic carbocycles. The lowest BCUT2D eigenvalue weighted by atomic mass is 9.93. The van der Waals surface area contributed by atoms with Crippen LogP contribution >= 0.6 is 0 Å². The second-order valence-electron chi connectivity index (χ2n) is 7.11. The first-order valence-electron chi connectivity index (χ1n) is 9.12. The fourth-order valence-corrected chi connectivity index (χ4v) is 3.79. The largest absolute Gasteiger partial charge is 0.381 e. The average molecular weight is 326 g/mol. The molecule has 5 heteroatoms. The van der Waals surface area contributed by atoms with Crippen LogP contribution in [-0.2, 0) is 17.7 Å². The predicted octanol–water partition coefficient (Wildman–Crippen LogP) is 2.76. The summed E-state index contributed by atoms with van der Waals surface area (Å²) in [7, 11) is 0. The van der Waals surface area contributed by atoms with E-state index in [1.165, 1.54) is 31.5 Å². The third-order valence-corrected chi connectivity index (χ3v) is 5.28. The Hall–Kier alpha value is -1.72. The van der Waals surface area contributed by atoms with E-state index in [4.69, 9.17) is 9.72 Å². The van der Waals surface area contributed by atoms with Gasteiger partial charge in [0.15, 0.2) is 5.82 Å². The highest BCUT2D eigenvalue weighted by Crippen LogP contribution is 2.24. The zero-order valence-corrected chi connectivity index (χ0v) is 14.2. The van der Waals surface area contributed by atoms with Crippen LogP contribution < -0.4 is 0 Å². The van der Waals surface area contributed by atoms with Gasteiger partial charge in [0.2, 0.25) is 0 Å². The van der Waals surface area contributed by atoms with Crippen molar-refractivity contribution in [2.75, 3.05) is 26.3 Å². The summed E-state index contributed by atoms with van der Waals surface area (Å²) in [6, 6.07) is 10.8. The Labute approximate surface area is 143 Å². The number of rotatable bonds is 5. The third kappa shape index (κ3) is 3.84. The summed E-state index contributed by atoms with van der Waals surface area (Å²) >= 11 is 0. The fraction of sp³-hybridized carbons (Fsp3) is 0.579. The molecule has 24 heavy (non-hydrogen) atoms. The highest BCUT2D eigenvalue weighted by molar-refractivity contribution is 5.14. The minimum absolute atomic E-state index is 0.391. The standard InChI is InChI=1S/C19H26N4O/c1-2-4-16(5-3-1)13-23-9-6-15(7-10-23)12-18-20-19(22-21-18)17-8-11-24-14-17/h1-5,15,17H,6-14H2,(H,20,21,22)/t17-/m1/s1. The number of benzene rings is 1. The molecule has 0 amide bonds. The lowest BCUT2D eigenvalue weighted by Gasteiger charge is -2.31. The molecule has 0 bridgehead atoms. The van der Waals surface area contributed by atoms with Gasteiger partial charge in [0, 0.05) is 25.5 Å². The maximum Gasteiger partial charge on any atom is 0.156 e. The number of hydrogen-bond donors (Lipinski definition) is 1. The molecule has 1 aromatic heterocycles. The van der Waals surface area contributed by atoms with Crippen LogP contribution in [-0.4, -0.2) is 46.4 Å². The summed E-state index contributed by atoms with van der Waals surface area (Å²) in [6.45, 7) is 5.04. The molecule has 0 saturated carbocycles. The van der Waals surface area contributed by atoms with E-state index in [1.807, 2.05) is 0 Å². The van der Waals surface area contributed by atoms with Crippen molar-refractivity contribution in [3.8, 4) is 0 Å². The summed E-state index contributed by atoms with van der Waals surface area (Å²) in [5, 5.41) is 7.56. The lowest BCUT2D eigenvalue weighted by Crippen LogP contribution is -2.33. The van der Waals surface area contributed by atoms with Gasteiger partial charge in [-0.1, -0.05) is 30.3 Å².